The smallest absolute Gasteiger partial charge is 0.220 e. The van der Waals surface area contributed by atoms with Gasteiger partial charge in [-0.3, -0.25) is 4.79 Å². The molecule has 1 unspecified atom stereocenters. The largest absolute Gasteiger partial charge is 0.355 e. The molecule has 14 heavy (non-hydrogen) atoms. The molecule has 0 aromatic heterocycles. The van der Waals surface area contributed by atoms with Gasteiger partial charge in [-0.15, -0.1) is 11.6 Å². The van der Waals surface area contributed by atoms with Crippen LogP contribution in [0, 0.1) is 0 Å². The maximum Gasteiger partial charge on any atom is 0.220 e. The Hall–Kier alpha value is -0.240. The second-order valence-electron chi connectivity index (χ2n) is 3.62. The third-order valence-corrected chi connectivity index (χ3v) is 2.68. The number of hydrogen-bond acceptors (Lipinski definition) is 1. The molecule has 0 aromatic carbocycles. The van der Waals surface area contributed by atoms with Gasteiger partial charge in [-0.05, 0) is 12.8 Å². The topological polar surface area (TPSA) is 29.1 Å². The number of halogens is 1. The van der Waals surface area contributed by atoms with E-state index in [1.54, 1.807) is 0 Å². The van der Waals surface area contributed by atoms with E-state index in [-0.39, 0.29) is 11.3 Å². The molecule has 0 aliphatic rings. The molecule has 3 heteroatoms. The minimum atomic E-state index is 0.0783. The fourth-order valence-corrected chi connectivity index (χ4v) is 1.25. The summed E-state index contributed by atoms with van der Waals surface area (Å²) in [5.74, 6) is 0.139. The molecule has 0 rings (SSSR count). The van der Waals surface area contributed by atoms with E-state index >= 15 is 0 Å². The van der Waals surface area contributed by atoms with Crippen LogP contribution in [0.4, 0.5) is 0 Å². The summed E-state index contributed by atoms with van der Waals surface area (Å²) in [7, 11) is 0. The van der Waals surface area contributed by atoms with Crippen LogP contribution >= 0.6 is 11.6 Å². The van der Waals surface area contributed by atoms with Crippen LogP contribution in [0.2, 0.25) is 0 Å². The van der Waals surface area contributed by atoms with E-state index in [2.05, 4.69) is 12.2 Å². The molecule has 1 amide bonds. The lowest BCUT2D eigenvalue weighted by atomic mass is 10.1. The van der Waals surface area contributed by atoms with Crippen LogP contribution in [0.15, 0.2) is 0 Å². The second kappa shape index (κ2) is 9.32. The zero-order valence-corrected chi connectivity index (χ0v) is 10.1. The van der Waals surface area contributed by atoms with Gasteiger partial charge in [0.25, 0.3) is 0 Å². The third kappa shape index (κ3) is 8.36. The van der Waals surface area contributed by atoms with Crippen molar-refractivity contribution in [3.63, 3.8) is 0 Å². The number of carbonyl (C=O) groups excluding carboxylic acids is 1. The Bertz CT molecular complexity index is 150. The highest BCUT2D eigenvalue weighted by molar-refractivity contribution is 6.20. The summed E-state index contributed by atoms with van der Waals surface area (Å²) >= 11 is 5.88. The van der Waals surface area contributed by atoms with Gasteiger partial charge in [0.1, 0.15) is 0 Å². The Morgan fingerprint density at radius 1 is 1.29 bits per heavy atom. The maximum absolute atomic E-state index is 11.3. The van der Waals surface area contributed by atoms with Crippen molar-refractivity contribution < 1.29 is 4.79 Å². The van der Waals surface area contributed by atoms with E-state index in [1.165, 1.54) is 12.8 Å². The van der Waals surface area contributed by atoms with Crippen molar-refractivity contribution in [3.05, 3.63) is 0 Å². The highest BCUT2D eigenvalue weighted by atomic mass is 35.5. The molecule has 0 aromatic rings. The summed E-state index contributed by atoms with van der Waals surface area (Å²) in [4.78, 5) is 11.3. The predicted octanol–water partition coefficient (Wildman–Crippen LogP) is 3.09. The lowest BCUT2D eigenvalue weighted by molar-refractivity contribution is -0.121. The Morgan fingerprint density at radius 3 is 2.57 bits per heavy atom. The van der Waals surface area contributed by atoms with E-state index < -0.39 is 0 Å². The van der Waals surface area contributed by atoms with Gasteiger partial charge in [0.05, 0.1) is 5.38 Å². The first kappa shape index (κ1) is 13.8. The normalized spacial score (nSPS) is 12.5. The lowest BCUT2D eigenvalue weighted by Gasteiger charge is -2.08. The van der Waals surface area contributed by atoms with Crippen molar-refractivity contribution in [1.29, 1.82) is 0 Å². The van der Waals surface area contributed by atoms with Crippen LogP contribution in [0.1, 0.15) is 52.4 Å². The molecule has 1 atom stereocenters. The third-order valence-electron chi connectivity index (χ3n) is 2.22. The van der Waals surface area contributed by atoms with Crippen LogP contribution in [0.5, 0.6) is 0 Å². The molecule has 1 N–H and O–H groups in total. The van der Waals surface area contributed by atoms with Crippen molar-refractivity contribution in [2.45, 2.75) is 57.7 Å². The molecule has 0 spiro atoms. The number of alkyl halides is 1. The number of unbranched alkanes of at least 4 members (excludes halogenated alkanes) is 3. The molecule has 84 valence electrons. The minimum Gasteiger partial charge on any atom is -0.355 e. The molecule has 0 aliphatic carbocycles. The molecule has 0 bridgehead atoms. The van der Waals surface area contributed by atoms with Gasteiger partial charge in [0, 0.05) is 13.0 Å². The summed E-state index contributed by atoms with van der Waals surface area (Å²) < 4.78 is 0. The molecule has 0 heterocycles. The molecule has 0 saturated heterocycles. The average molecular weight is 220 g/mol. The van der Waals surface area contributed by atoms with Crippen LogP contribution in [-0.4, -0.2) is 17.8 Å². The number of carbonyl (C=O) groups is 1. The zero-order valence-electron chi connectivity index (χ0n) is 9.31. The fraction of sp³-hybridized carbons (Fsp3) is 0.909. The Labute approximate surface area is 92.4 Å². The van der Waals surface area contributed by atoms with Gasteiger partial charge in [-0.2, -0.15) is 0 Å². The zero-order chi connectivity index (χ0) is 10.8. The minimum absolute atomic E-state index is 0.0783. The quantitative estimate of drug-likeness (QED) is 0.493. The molecule has 0 aliphatic heterocycles. The highest BCUT2D eigenvalue weighted by Gasteiger charge is 2.04. The van der Waals surface area contributed by atoms with Crippen LogP contribution < -0.4 is 5.32 Å². The van der Waals surface area contributed by atoms with E-state index in [0.29, 0.717) is 13.0 Å². The summed E-state index contributed by atoms with van der Waals surface area (Å²) in [5.41, 5.74) is 0. The lowest BCUT2D eigenvalue weighted by Crippen LogP contribution is -2.29. The molecule has 0 saturated carbocycles. The maximum atomic E-state index is 11.3. The van der Waals surface area contributed by atoms with Crippen molar-refractivity contribution in [3.8, 4) is 0 Å². The molecule has 0 radical (unpaired) electrons. The van der Waals surface area contributed by atoms with Gasteiger partial charge in [-0.1, -0.05) is 33.1 Å². The van der Waals surface area contributed by atoms with E-state index in [4.69, 9.17) is 11.6 Å². The first-order chi connectivity index (χ1) is 6.70. The molecule has 0 fully saturated rings. The highest BCUT2D eigenvalue weighted by Crippen LogP contribution is 2.03. The number of rotatable bonds is 8. The SMILES string of the molecule is CCCCCCC(=O)NCC(Cl)CC. The summed E-state index contributed by atoms with van der Waals surface area (Å²) in [6, 6.07) is 0. The summed E-state index contributed by atoms with van der Waals surface area (Å²) in [6.45, 7) is 4.79. The molecular weight excluding hydrogens is 198 g/mol. The monoisotopic (exact) mass is 219 g/mol. The van der Waals surface area contributed by atoms with Gasteiger partial charge in [0.15, 0.2) is 0 Å². The Balaban J connectivity index is 3.28. The predicted molar refractivity (Wildman–Crippen MR) is 61.7 cm³/mol. The molecular formula is C11H22ClNO. The van der Waals surface area contributed by atoms with E-state index in [0.717, 1.165) is 19.3 Å². The van der Waals surface area contributed by atoms with Gasteiger partial charge < -0.3 is 5.32 Å². The van der Waals surface area contributed by atoms with Crippen LogP contribution in [0.25, 0.3) is 0 Å². The van der Waals surface area contributed by atoms with Gasteiger partial charge >= 0.3 is 0 Å². The number of amides is 1. The van der Waals surface area contributed by atoms with Crippen LogP contribution in [-0.2, 0) is 4.79 Å². The van der Waals surface area contributed by atoms with Gasteiger partial charge in [0.2, 0.25) is 5.91 Å². The first-order valence-electron chi connectivity index (χ1n) is 5.61. The Kier molecular flexibility index (Phi) is 9.16. The Morgan fingerprint density at radius 2 is 2.00 bits per heavy atom. The van der Waals surface area contributed by atoms with Crippen molar-refractivity contribution in [2.75, 3.05) is 6.54 Å². The van der Waals surface area contributed by atoms with Gasteiger partial charge in [-0.25, -0.2) is 0 Å². The number of hydrogen-bond donors (Lipinski definition) is 1. The number of nitrogens with one attached hydrogen (secondary N) is 1. The van der Waals surface area contributed by atoms with E-state index in [9.17, 15) is 4.79 Å². The van der Waals surface area contributed by atoms with Crippen molar-refractivity contribution in [1.82, 2.24) is 5.32 Å². The fourth-order valence-electron chi connectivity index (χ4n) is 1.17. The van der Waals surface area contributed by atoms with E-state index in [1.807, 2.05) is 6.92 Å². The van der Waals surface area contributed by atoms with Crippen molar-refractivity contribution in [2.24, 2.45) is 0 Å². The molecule has 2 nitrogen and oxygen atoms in total. The second-order valence-corrected chi connectivity index (χ2v) is 4.24. The standard InChI is InChI=1S/C11H22ClNO/c1-3-5-6-7-8-11(14)13-9-10(12)4-2/h10H,3-9H2,1-2H3,(H,13,14). The first-order valence-corrected chi connectivity index (χ1v) is 6.05. The average Bonchev–Trinajstić information content (AvgIpc) is 2.21. The summed E-state index contributed by atoms with van der Waals surface area (Å²) in [5, 5.41) is 2.92. The summed E-state index contributed by atoms with van der Waals surface area (Å²) in [6.07, 6.45) is 6.13. The van der Waals surface area contributed by atoms with Crippen molar-refractivity contribution >= 4 is 17.5 Å². The van der Waals surface area contributed by atoms with Crippen LogP contribution in [0.3, 0.4) is 0 Å².